The Labute approximate surface area is 186 Å². The van der Waals surface area contributed by atoms with Crippen LogP contribution in [0, 0.1) is 13.8 Å². The molecule has 0 spiro atoms. The SMILES string of the molecule is Cc1sc2ncn(CCC(=O)NCc3ccccc3N3CCN(C)CC3)c(=O)c2c1C. The van der Waals surface area contributed by atoms with Crippen molar-refractivity contribution in [3.05, 3.63) is 57.0 Å². The second kappa shape index (κ2) is 9.20. The van der Waals surface area contributed by atoms with Crippen molar-refractivity contribution in [2.75, 3.05) is 38.1 Å². The van der Waals surface area contributed by atoms with Gasteiger partial charge in [-0.05, 0) is 38.1 Å². The van der Waals surface area contributed by atoms with Gasteiger partial charge in [0.15, 0.2) is 0 Å². The summed E-state index contributed by atoms with van der Waals surface area (Å²) in [5, 5.41) is 3.69. The molecule has 1 aromatic carbocycles. The maximum absolute atomic E-state index is 12.8. The third kappa shape index (κ3) is 4.65. The molecule has 0 radical (unpaired) electrons. The van der Waals surface area contributed by atoms with Crippen molar-refractivity contribution in [2.45, 2.75) is 33.4 Å². The van der Waals surface area contributed by atoms with Crippen LogP contribution in [-0.4, -0.2) is 53.6 Å². The zero-order chi connectivity index (χ0) is 22.0. The highest BCUT2D eigenvalue weighted by atomic mass is 32.1. The van der Waals surface area contributed by atoms with Crippen molar-refractivity contribution in [1.29, 1.82) is 0 Å². The molecular formula is C23H29N5O2S. The topological polar surface area (TPSA) is 70.5 Å². The van der Waals surface area contributed by atoms with Gasteiger partial charge in [0.1, 0.15) is 4.83 Å². The smallest absolute Gasteiger partial charge is 0.262 e. The van der Waals surface area contributed by atoms with Crippen molar-refractivity contribution in [3.8, 4) is 0 Å². The number of hydrogen-bond acceptors (Lipinski definition) is 6. The molecule has 1 saturated heterocycles. The fourth-order valence-corrected chi connectivity index (χ4v) is 4.94. The number of rotatable bonds is 6. The molecule has 0 unspecified atom stereocenters. The number of hydrogen-bond donors (Lipinski definition) is 1. The Bertz CT molecular complexity index is 1140. The van der Waals surface area contributed by atoms with Gasteiger partial charge in [0.2, 0.25) is 5.91 Å². The van der Waals surface area contributed by atoms with E-state index in [0.29, 0.717) is 18.5 Å². The molecule has 0 atom stereocenters. The van der Waals surface area contributed by atoms with Gasteiger partial charge in [-0.3, -0.25) is 14.2 Å². The molecule has 31 heavy (non-hydrogen) atoms. The molecule has 164 valence electrons. The Hall–Kier alpha value is -2.71. The lowest BCUT2D eigenvalue weighted by atomic mass is 10.1. The van der Waals surface area contributed by atoms with E-state index in [1.165, 1.54) is 17.0 Å². The predicted molar refractivity (Wildman–Crippen MR) is 126 cm³/mol. The minimum atomic E-state index is -0.0709. The molecule has 1 aliphatic heterocycles. The molecule has 0 aliphatic carbocycles. The van der Waals surface area contributed by atoms with Crippen LogP contribution in [0.15, 0.2) is 35.4 Å². The summed E-state index contributed by atoms with van der Waals surface area (Å²) in [6.07, 6.45) is 1.79. The number of nitrogens with zero attached hydrogens (tertiary/aromatic N) is 4. The number of para-hydroxylation sites is 1. The maximum Gasteiger partial charge on any atom is 0.262 e. The van der Waals surface area contributed by atoms with Crippen molar-refractivity contribution < 1.29 is 4.79 Å². The molecule has 4 rings (SSSR count). The molecule has 0 bridgehead atoms. The number of carbonyl (C=O) groups excluding carboxylic acids is 1. The Morgan fingerprint density at radius 1 is 1.16 bits per heavy atom. The van der Waals surface area contributed by atoms with Crippen LogP contribution in [0.2, 0.25) is 0 Å². The van der Waals surface area contributed by atoms with Gasteiger partial charge in [-0.15, -0.1) is 11.3 Å². The normalized spacial score (nSPS) is 14.9. The number of nitrogens with one attached hydrogen (secondary N) is 1. The number of anilines is 1. The maximum atomic E-state index is 12.8. The number of thiophene rings is 1. The molecule has 0 saturated carbocycles. The zero-order valence-electron chi connectivity index (χ0n) is 18.4. The number of benzene rings is 1. The summed E-state index contributed by atoms with van der Waals surface area (Å²) in [6.45, 7) is 8.81. The molecule has 1 fully saturated rings. The summed E-state index contributed by atoms with van der Waals surface area (Å²) in [5.74, 6) is -0.0709. The van der Waals surface area contributed by atoms with Gasteiger partial charge in [-0.1, -0.05) is 18.2 Å². The van der Waals surface area contributed by atoms with Crippen LogP contribution >= 0.6 is 11.3 Å². The molecule has 2 aromatic heterocycles. The second-order valence-corrected chi connectivity index (χ2v) is 9.36. The molecule has 8 heteroatoms. The highest BCUT2D eigenvalue weighted by molar-refractivity contribution is 7.18. The van der Waals surface area contributed by atoms with Gasteiger partial charge >= 0.3 is 0 Å². The number of piperazine rings is 1. The monoisotopic (exact) mass is 439 g/mol. The van der Waals surface area contributed by atoms with E-state index in [2.05, 4.69) is 39.3 Å². The van der Waals surface area contributed by atoms with Gasteiger partial charge < -0.3 is 15.1 Å². The lowest BCUT2D eigenvalue weighted by Crippen LogP contribution is -2.45. The first kappa shape index (κ1) is 21.5. The van der Waals surface area contributed by atoms with E-state index in [0.717, 1.165) is 47.0 Å². The second-order valence-electron chi connectivity index (χ2n) is 8.15. The van der Waals surface area contributed by atoms with Crippen molar-refractivity contribution in [2.24, 2.45) is 0 Å². The quantitative estimate of drug-likeness (QED) is 0.639. The first-order chi connectivity index (χ1) is 14.9. The van der Waals surface area contributed by atoms with Gasteiger partial charge in [-0.2, -0.15) is 0 Å². The van der Waals surface area contributed by atoms with Crippen molar-refractivity contribution in [1.82, 2.24) is 19.8 Å². The fourth-order valence-electron chi connectivity index (χ4n) is 3.95. The summed E-state index contributed by atoms with van der Waals surface area (Å²) in [7, 11) is 2.14. The van der Waals surface area contributed by atoms with Crippen LogP contribution in [0.5, 0.6) is 0 Å². The van der Waals surface area contributed by atoms with Gasteiger partial charge in [0, 0.05) is 56.3 Å². The van der Waals surface area contributed by atoms with Crippen LogP contribution in [0.1, 0.15) is 22.4 Å². The molecule has 1 N–H and O–H groups in total. The third-order valence-electron chi connectivity index (χ3n) is 6.05. The van der Waals surface area contributed by atoms with Crippen molar-refractivity contribution in [3.63, 3.8) is 0 Å². The minimum absolute atomic E-state index is 0.0694. The minimum Gasteiger partial charge on any atom is -0.369 e. The standard InChI is InChI=1S/C23H29N5O2S/c1-16-17(2)31-22-21(16)23(30)28(15-25-22)9-8-20(29)24-14-18-6-4-5-7-19(18)27-12-10-26(3)11-13-27/h4-7,15H,8-14H2,1-3H3,(H,24,29). The van der Waals surface area contributed by atoms with E-state index in [1.807, 2.05) is 26.0 Å². The number of amides is 1. The number of likely N-dealkylation sites (N-methyl/N-ethyl adjacent to an activating group) is 1. The van der Waals surface area contributed by atoms with E-state index < -0.39 is 0 Å². The Balaban J connectivity index is 1.37. The van der Waals surface area contributed by atoms with Crippen LogP contribution in [0.25, 0.3) is 10.2 Å². The molecule has 1 amide bonds. The summed E-state index contributed by atoms with van der Waals surface area (Å²) < 4.78 is 1.54. The largest absolute Gasteiger partial charge is 0.369 e. The lowest BCUT2D eigenvalue weighted by Gasteiger charge is -2.35. The van der Waals surface area contributed by atoms with Crippen LogP contribution in [-0.2, 0) is 17.9 Å². The summed E-state index contributed by atoms with van der Waals surface area (Å²) >= 11 is 1.53. The summed E-state index contributed by atoms with van der Waals surface area (Å²) in [6, 6.07) is 8.24. The highest BCUT2D eigenvalue weighted by Gasteiger charge is 2.17. The van der Waals surface area contributed by atoms with E-state index in [4.69, 9.17) is 0 Å². The first-order valence-electron chi connectivity index (χ1n) is 10.7. The van der Waals surface area contributed by atoms with Crippen LogP contribution in [0.4, 0.5) is 5.69 Å². The highest BCUT2D eigenvalue weighted by Crippen LogP contribution is 2.25. The van der Waals surface area contributed by atoms with E-state index in [-0.39, 0.29) is 17.9 Å². The zero-order valence-corrected chi connectivity index (χ0v) is 19.2. The van der Waals surface area contributed by atoms with E-state index >= 15 is 0 Å². The van der Waals surface area contributed by atoms with Gasteiger partial charge in [0.25, 0.3) is 5.56 Å². The molecular weight excluding hydrogens is 410 g/mol. The first-order valence-corrected chi connectivity index (χ1v) is 11.5. The lowest BCUT2D eigenvalue weighted by molar-refractivity contribution is -0.121. The van der Waals surface area contributed by atoms with Crippen LogP contribution < -0.4 is 15.8 Å². The molecule has 1 aliphatic rings. The third-order valence-corrected chi connectivity index (χ3v) is 7.16. The fraction of sp³-hybridized carbons (Fsp3) is 0.435. The Morgan fingerprint density at radius 2 is 1.90 bits per heavy atom. The summed E-state index contributed by atoms with van der Waals surface area (Å²) in [4.78, 5) is 36.3. The summed E-state index contributed by atoms with van der Waals surface area (Å²) in [5.41, 5.74) is 3.21. The van der Waals surface area contributed by atoms with Crippen molar-refractivity contribution >= 4 is 33.1 Å². The average molecular weight is 440 g/mol. The molecule has 7 nitrogen and oxygen atoms in total. The molecule has 3 heterocycles. The van der Waals surface area contributed by atoms with Gasteiger partial charge in [0.05, 0.1) is 11.7 Å². The number of carbonyl (C=O) groups is 1. The number of aromatic nitrogens is 2. The van der Waals surface area contributed by atoms with E-state index in [9.17, 15) is 9.59 Å². The number of fused-ring (bicyclic) bond motifs is 1. The van der Waals surface area contributed by atoms with E-state index in [1.54, 1.807) is 10.9 Å². The Kier molecular flexibility index (Phi) is 6.38. The Morgan fingerprint density at radius 3 is 2.68 bits per heavy atom. The van der Waals surface area contributed by atoms with Crippen LogP contribution in [0.3, 0.4) is 0 Å². The number of aryl methyl sites for hydroxylation is 3. The predicted octanol–water partition coefficient (Wildman–Crippen LogP) is 2.53. The van der Waals surface area contributed by atoms with Gasteiger partial charge in [-0.25, -0.2) is 4.98 Å². The molecule has 3 aromatic rings. The average Bonchev–Trinajstić information content (AvgIpc) is 3.07.